The summed E-state index contributed by atoms with van der Waals surface area (Å²) in [6.07, 6.45) is 0.113. The van der Waals surface area contributed by atoms with E-state index >= 15 is 0 Å². The first-order valence-corrected chi connectivity index (χ1v) is 8.44. The molecule has 0 fully saturated rings. The maximum absolute atomic E-state index is 13.1. The van der Waals surface area contributed by atoms with Crippen molar-refractivity contribution in [1.82, 2.24) is 0 Å². The van der Waals surface area contributed by atoms with E-state index in [0.29, 0.717) is 11.3 Å². The molecule has 0 aliphatic carbocycles. The third kappa shape index (κ3) is 5.56. The van der Waals surface area contributed by atoms with Gasteiger partial charge in [0.05, 0.1) is 17.8 Å². The molecule has 2 aromatic rings. The predicted molar refractivity (Wildman–Crippen MR) is 102 cm³/mol. The first-order chi connectivity index (χ1) is 13.3. The zero-order chi connectivity index (χ0) is 20.7. The summed E-state index contributed by atoms with van der Waals surface area (Å²) in [5, 5.41) is 11.7. The topological polar surface area (TPSA) is 88.4 Å². The van der Waals surface area contributed by atoms with E-state index in [1.165, 1.54) is 26.2 Å². The minimum absolute atomic E-state index is 0.00233. The number of carbonyl (C=O) groups excluding carboxylic acids is 2. The summed E-state index contributed by atoms with van der Waals surface area (Å²) < 4.78 is 23.2. The number of amides is 1. The quantitative estimate of drug-likeness (QED) is 0.448. The van der Waals surface area contributed by atoms with Crippen LogP contribution in [0, 0.1) is 17.1 Å². The van der Waals surface area contributed by atoms with Gasteiger partial charge in [-0.15, -0.1) is 0 Å². The third-order valence-electron chi connectivity index (χ3n) is 3.59. The van der Waals surface area contributed by atoms with E-state index in [-0.39, 0.29) is 16.3 Å². The second-order valence-corrected chi connectivity index (χ2v) is 6.01. The number of hydrogen-bond acceptors (Lipinski definition) is 5. The molecular weight excluding hydrogens is 387 g/mol. The van der Waals surface area contributed by atoms with Crippen molar-refractivity contribution in [2.45, 2.75) is 13.0 Å². The van der Waals surface area contributed by atoms with Crippen molar-refractivity contribution in [3.8, 4) is 11.8 Å². The number of hydrogen-bond donors (Lipinski definition) is 1. The number of methoxy groups -OCH3 is 1. The van der Waals surface area contributed by atoms with Crippen molar-refractivity contribution in [2.75, 3.05) is 12.4 Å². The van der Waals surface area contributed by atoms with Crippen molar-refractivity contribution in [2.24, 2.45) is 0 Å². The van der Waals surface area contributed by atoms with Gasteiger partial charge >= 0.3 is 5.97 Å². The molecule has 0 aliphatic heterocycles. The summed E-state index contributed by atoms with van der Waals surface area (Å²) in [6.45, 7) is 1.34. The molecule has 28 heavy (non-hydrogen) atoms. The Bertz CT molecular complexity index is 969. The van der Waals surface area contributed by atoms with Crippen molar-refractivity contribution >= 4 is 35.2 Å². The van der Waals surface area contributed by atoms with Crippen LogP contribution in [0.1, 0.15) is 12.5 Å². The molecule has 1 amide bonds. The van der Waals surface area contributed by atoms with Crippen LogP contribution in [0.2, 0.25) is 5.02 Å². The number of halogens is 2. The van der Waals surface area contributed by atoms with Gasteiger partial charge in [-0.1, -0.05) is 23.7 Å². The van der Waals surface area contributed by atoms with Crippen LogP contribution in [0.4, 0.5) is 10.1 Å². The molecule has 0 bridgehead atoms. The molecule has 0 saturated carbocycles. The maximum atomic E-state index is 13.1. The van der Waals surface area contributed by atoms with Gasteiger partial charge in [0.15, 0.2) is 6.10 Å². The van der Waals surface area contributed by atoms with E-state index < -0.39 is 23.8 Å². The van der Waals surface area contributed by atoms with Crippen molar-refractivity contribution in [1.29, 1.82) is 5.26 Å². The van der Waals surface area contributed by atoms with E-state index in [1.54, 1.807) is 30.3 Å². The molecule has 144 valence electrons. The molecule has 2 rings (SSSR count). The first-order valence-electron chi connectivity index (χ1n) is 8.06. The zero-order valence-corrected chi connectivity index (χ0v) is 15.8. The fraction of sp³-hybridized carbons (Fsp3) is 0.150. The second-order valence-electron chi connectivity index (χ2n) is 5.61. The molecule has 0 saturated heterocycles. The van der Waals surface area contributed by atoms with E-state index in [4.69, 9.17) is 21.1 Å². The molecule has 0 spiro atoms. The molecule has 1 atom stereocenters. The molecule has 2 aromatic carbocycles. The molecule has 6 nitrogen and oxygen atoms in total. The van der Waals surface area contributed by atoms with Crippen LogP contribution in [0.5, 0.6) is 5.75 Å². The van der Waals surface area contributed by atoms with E-state index in [9.17, 15) is 19.2 Å². The molecule has 1 N–H and O–H groups in total. The molecule has 0 aromatic heterocycles. The number of nitriles is 1. The van der Waals surface area contributed by atoms with Gasteiger partial charge in [0.25, 0.3) is 5.91 Å². The van der Waals surface area contributed by atoms with Crippen LogP contribution in [0.15, 0.2) is 48.0 Å². The van der Waals surface area contributed by atoms with Gasteiger partial charge in [-0.3, -0.25) is 4.79 Å². The summed E-state index contributed by atoms with van der Waals surface area (Å²) in [4.78, 5) is 24.4. The average Bonchev–Trinajstić information content (AvgIpc) is 2.68. The van der Waals surface area contributed by atoms with Crippen LogP contribution in [-0.4, -0.2) is 25.1 Å². The zero-order valence-electron chi connectivity index (χ0n) is 15.0. The van der Waals surface area contributed by atoms with E-state index in [0.717, 1.165) is 12.1 Å². The highest BCUT2D eigenvalue weighted by Gasteiger charge is 2.21. The summed E-state index contributed by atoms with van der Waals surface area (Å²) in [6, 6.07) is 11.9. The predicted octanol–water partition coefficient (Wildman–Crippen LogP) is 3.97. The summed E-state index contributed by atoms with van der Waals surface area (Å²) in [5.74, 6) is -1.63. The van der Waals surface area contributed by atoms with E-state index in [1.807, 2.05) is 0 Å². The fourth-order valence-corrected chi connectivity index (χ4v) is 2.35. The SMILES string of the molecule is COc1cccc(/C=C(\C#N)C(=O)O[C@@H](C)C(=O)Nc2ccc(F)cc2Cl)c1. The number of esters is 1. The first kappa shape index (κ1) is 20.9. The standard InChI is InChI=1S/C20H16ClFN2O4/c1-12(19(25)24-18-7-6-15(22)10-17(18)21)28-20(26)14(11-23)8-13-4-3-5-16(9-13)27-2/h3-10,12H,1-2H3,(H,24,25)/b14-8+/t12-/m0/s1. The van der Waals surface area contributed by atoms with Gasteiger partial charge in [0, 0.05) is 0 Å². The number of rotatable bonds is 6. The average molecular weight is 403 g/mol. The van der Waals surface area contributed by atoms with Crippen LogP contribution in [-0.2, 0) is 14.3 Å². The lowest BCUT2D eigenvalue weighted by atomic mass is 10.1. The Morgan fingerprint density at radius 2 is 2.04 bits per heavy atom. The number of nitrogens with zero attached hydrogens (tertiary/aromatic N) is 1. The maximum Gasteiger partial charge on any atom is 0.349 e. The number of ether oxygens (including phenoxy) is 2. The van der Waals surface area contributed by atoms with E-state index in [2.05, 4.69) is 5.32 Å². The highest BCUT2D eigenvalue weighted by atomic mass is 35.5. The van der Waals surface area contributed by atoms with Crippen LogP contribution in [0.3, 0.4) is 0 Å². The Morgan fingerprint density at radius 3 is 2.68 bits per heavy atom. The lowest BCUT2D eigenvalue weighted by Gasteiger charge is -2.14. The van der Waals surface area contributed by atoms with Crippen molar-refractivity contribution < 1.29 is 23.5 Å². The highest BCUT2D eigenvalue weighted by Crippen LogP contribution is 2.23. The van der Waals surface area contributed by atoms with Crippen molar-refractivity contribution in [3.05, 3.63) is 64.4 Å². The number of benzene rings is 2. The fourth-order valence-electron chi connectivity index (χ4n) is 2.14. The minimum atomic E-state index is -1.21. The molecule has 8 heteroatoms. The van der Waals surface area contributed by atoms with Crippen LogP contribution >= 0.6 is 11.6 Å². The van der Waals surface area contributed by atoms with Gasteiger partial charge in [0.2, 0.25) is 0 Å². The largest absolute Gasteiger partial charge is 0.497 e. The van der Waals surface area contributed by atoms with Gasteiger partial charge < -0.3 is 14.8 Å². The molecule has 0 radical (unpaired) electrons. The monoisotopic (exact) mass is 402 g/mol. The highest BCUT2D eigenvalue weighted by molar-refractivity contribution is 6.33. The summed E-state index contributed by atoms with van der Waals surface area (Å²) in [5.41, 5.74) is 0.444. The smallest absolute Gasteiger partial charge is 0.349 e. The Morgan fingerprint density at radius 1 is 1.29 bits per heavy atom. The summed E-state index contributed by atoms with van der Waals surface area (Å²) >= 11 is 5.85. The van der Waals surface area contributed by atoms with Crippen molar-refractivity contribution in [3.63, 3.8) is 0 Å². The van der Waals surface area contributed by atoms with Gasteiger partial charge in [-0.2, -0.15) is 5.26 Å². The van der Waals surface area contributed by atoms with Gasteiger partial charge in [0.1, 0.15) is 23.2 Å². The number of anilines is 1. The molecule has 0 heterocycles. The number of nitrogens with one attached hydrogen (secondary N) is 1. The Kier molecular flexibility index (Phi) is 7.13. The normalized spacial score (nSPS) is 11.9. The van der Waals surface area contributed by atoms with Crippen LogP contribution < -0.4 is 10.1 Å². The minimum Gasteiger partial charge on any atom is -0.497 e. The second kappa shape index (κ2) is 9.53. The molecular formula is C20H16ClFN2O4. The lowest BCUT2D eigenvalue weighted by molar-refractivity contribution is -0.148. The Labute approximate surface area is 166 Å². The Balaban J connectivity index is 2.07. The summed E-state index contributed by atoms with van der Waals surface area (Å²) in [7, 11) is 1.50. The molecule has 0 unspecified atom stereocenters. The van der Waals surface area contributed by atoms with Gasteiger partial charge in [-0.25, -0.2) is 9.18 Å². The number of carbonyl (C=O) groups is 2. The lowest BCUT2D eigenvalue weighted by Crippen LogP contribution is -2.30. The van der Waals surface area contributed by atoms with Gasteiger partial charge in [-0.05, 0) is 48.9 Å². The van der Waals surface area contributed by atoms with Crippen LogP contribution in [0.25, 0.3) is 6.08 Å². The Hall–Kier alpha value is -3.37. The molecule has 0 aliphatic rings. The third-order valence-corrected chi connectivity index (χ3v) is 3.90.